The molecule has 1 heterocycles. The Morgan fingerprint density at radius 3 is 2.73 bits per heavy atom. The summed E-state index contributed by atoms with van der Waals surface area (Å²) in [6, 6.07) is 9.76. The van der Waals surface area contributed by atoms with E-state index in [4.69, 9.17) is 5.11 Å². The first kappa shape index (κ1) is 16.2. The van der Waals surface area contributed by atoms with Gasteiger partial charge in [0, 0.05) is 24.3 Å². The second-order valence-corrected chi connectivity index (χ2v) is 6.04. The van der Waals surface area contributed by atoms with E-state index in [1.54, 1.807) is 12.3 Å². The highest BCUT2D eigenvalue weighted by Gasteiger charge is 2.14. The van der Waals surface area contributed by atoms with Crippen LogP contribution in [0.25, 0.3) is 0 Å². The van der Waals surface area contributed by atoms with Crippen molar-refractivity contribution in [2.24, 2.45) is 0 Å². The van der Waals surface area contributed by atoms with Crippen LogP contribution in [-0.4, -0.2) is 28.0 Å². The second-order valence-electron chi connectivity index (χ2n) is 5.10. The van der Waals surface area contributed by atoms with Gasteiger partial charge in [-0.15, -0.1) is 11.3 Å². The molecule has 0 aliphatic heterocycles. The smallest absolute Gasteiger partial charge is 0.303 e. The highest BCUT2D eigenvalue weighted by Crippen LogP contribution is 2.15. The topological polar surface area (TPSA) is 79.3 Å². The maximum atomic E-state index is 12.1. The molecule has 2 N–H and O–H groups in total. The molecule has 1 aromatic carbocycles. The molecule has 1 atom stereocenters. The average molecular weight is 318 g/mol. The summed E-state index contributed by atoms with van der Waals surface area (Å²) in [4.78, 5) is 26.9. The van der Waals surface area contributed by atoms with E-state index in [0.717, 1.165) is 10.6 Å². The molecule has 0 saturated heterocycles. The Labute approximate surface area is 133 Å². The SMILES string of the molecule is CC(CCC(=O)O)NC(=O)c1csc(Cc2ccccc2)n1. The van der Waals surface area contributed by atoms with Crippen LogP contribution in [0.1, 0.15) is 40.8 Å². The third kappa shape index (κ3) is 4.96. The molecule has 1 aromatic heterocycles. The zero-order chi connectivity index (χ0) is 15.9. The van der Waals surface area contributed by atoms with Crippen molar-refractivity contribution in [1.82, 2.24) is 10.3 Å². The number of carbonyl (C=O) groups is 2. The van der Waals surface area contributed by atoms with Crippen LogP contribution in [0.3, 0.4) is 0 Å². The molecular formula is C16H18N2O3S. The van der Waals surface area contributed by atoms with Gasteiger partial charge >= 0.3 is 5.97 Å². The summed E-state index contributed by atoms with van der Waals surface area (Å²) in [5.41, 5.74) is 1.54. The van der Waals surface area contributed by atoms with Crippen molar-refractivity contribution in [2.45, 2.75) is 32.2 Å². The van der Waals surface area contributed by atoms with Crippen LogP contribution in [0, 0.1) is 0 Å². The van der Waals surface area contributed by atoms with Crippen molar-refractivity contribution >= 4 is 23.2 Å². The molecular weight excluding hydrogens is 300 g/mol. The monoisotopic (exact) mass is 318 g/mol. The molecule has 0 radical (unpaired) electrons. The highest BCUT2D eigenvalue weighted by atomic mass is 32.1. The van der Waals surface area contributed by atoms with Gasteiger partial charge in [0.25, 0.3) is 5.91 Å². The first-order valence-electron chi connectivity index (χ1n) is 7.05. The van der Waals surface area contributed by atoms with Crippen LogP contribution in [0.4, 0.5) is 0 Å². The maximum absolute atomic E-state index is 12.1. The number of nitrogens with zero attached hydrogens (tertiary/aromatic N) is 1. The van der Waals surface area contributed by atoms with Crippen molar-refractivity contribution in [2.75, 3.05) is 0 Å². The number of carboxylic acid groups (broad SMARTS) is 1. The molecule has 2 rings (SSSR count). The van der Waals surface area contributed by atoms with E-state index >= 15 is 0 Å². The number of rotatable bonds is 7. The van der Waals surface area contributed by atoms with Crippen LogP contribution < -0.4 is 5.32 Å². The minimum atomic E-state index is -0.861. The fraction of sp³-hybridized carbons (Fsp3) is 0.312. The van der Waals surface area contributed by atoms with E-state index < -0.39 is 5.97 Å². The number of hydrogen-bond acceptors (Lipinski definition) is 4. The molecule has 116 valence electrons. The fourth-order valence-corrected chi connectivity index (χ4v) is 2.79. The van der Waals surface area contributed by atoms with E-state index in [-0.39, 0.29) is 18.4 Å². The van der Waals surface area contributed by atoms with E-state index in [1.807, 2.05) is 30.3 Å². The van der Waals surface area contributed by atoms with Gasteiger partial charge in [0.1, 0.15) is 5.69 Å². The van der Waals surface area contributed by atoms with E-state index in [2.05, 4.69) is 10.3 Å². The summed E-state index contributed by atoms with van der Waals surface area (Å²) < 4.78 is 0. The molecule has 0 saturated carbocycles. The molecule has 0 aliphatic carbocycles. The first-order valence-corrected chi connectivity index (χ1v) is 7.93. The minimum Gasteiger partial charge on any atom is -0.481 e. The molecule has 2 aromatic rings. The lowest BCUT2D eigenvalue weighted by molar-refractivity contribution is -0.137. The number of carboxylic acids is 1. The highest BCUT2D eigenvalue weighted by molar-refractivity contribution is 7.09. The standard InChI is InChI=1S/C16H18N2O3S/c1-11(7-8-15(19)20)17-16(21)13-10-22-14(18-13)9-12-5-3-2-4-6-12/h2-6,10-11H,7-9H2,1H3,(H,17,21)(H,19,20). The number of amides is 1. The number of nitrogens with one attached hydrogen (secondary N) is 1. The molecule has 0 fully saturated rings. The molecule has 1 unspecified atom stereocenters. The Morgan fingerprint density at radius 1 is 1.32 bits per heavy atom. The average Bonchev–Trinajstić information content (AvgIpc) is 2.95. The molecule has 0 spiro atoms. The number of thiazole rings is 1. The van der Waals surface area contributed by atoms with E-state index in [1.165, 1.54) is 11.3 Å². The summed E-state index contributed by atoms with van der Waals surface area (Å²) in [5.74, 6) is -1.12. The van der Waals surface area contributed by atoms with Crippen LogP contribution in [0.15, 0.2) is 35.7 Å². The molecule has 5 nitrogen and oxygen atoms in total. The second kappa shape index (κ2) is 7.70. The third-order valence-corrected chi connectivity index (χ3v) is 4.00. The predicted molar refractivity (Wildman–Crippen MR) is 85.2 cm³/mol. The van der Waals surface area contributed by atoms with Gasteiger partial charge in [-0.05, 0) is 18.9 Å². The van der Waals surface area contributed by atoms with Crippen LogP contribution in [0.5, 0.6) is 0 Å². The fourth-order valence-electron chi connectivity index (χ4n) is 1.98. The Bertz CT molecular complexity index is 640. The van der Waals surface area contributed by atoms with Gasteiger partial charge in [0.2, 0.25) is 0 Å². The number of carbonyl (C=O) groups excluding carboxylic acids is 1. The minimum absolute atomic E-state index is 0.0395. The lowest BCUT2D eigenvalue weighted by Gasteiger charge is -2.11. The Morgan fingerprint density at radius 2 is 2.05 bits per heavy atom. The normalized spacial score (nSPS) is 11.9. The van der Waals surface area contributed by atoms with Gasteiger partial charge < -0.3 is 10.4 Å². The van der Waals surface area contributed by atoms with Crippen molar-refractivity contribution in [3.05, 3.63) is 52.0 Å². The van der Waals surface area contributed by atoms with E-state index in [9.17, 15) is 9.59 Å². The van der Waals surface area contributed by atoms with Gasteiger partial charge in [-0.2, -0.15) is 0 Å². The zero-order valence-corrected chi connectivity index (χ0v) is 13.1. The molecule has 0 aliphatic rings. The van der Waals surface area contributed by atoms with Gasteiger partial charge in [-0.25, -0.2) is 4.98 Å². The van der Waals surface area contributed by atoms with Crippen molar-refractivity contribution in [3.63, 3.8) is 0 Å². The largest absolute Gasteiger partial charge is 0.481 e. The molecule has 6 heteroatoms. The summed E-state index contributed by atoms with van der Waals surface area (Å²) in [5, 5.41) is 14.0. The number of aromatic nitrogens is 1. The van der Waals surface area contributed by atoms with Crippen molar-refractivity contribution in [3.8, 4) is 0 Å². The summed E-state index contributed by atoms with van der Waals surface area (Å²) in [6.45, 7) is 1.79. The van der Waals surface area contributed by atoms with Crippen LogP contribution in [-0.2, 0) is 11.2 Å². The van der Waals surface area contributed by atoms with Gasteiger partial charge in [0.05, 0.1) is 5.01 Å². The quantitative estimate of drug-likeness (QED) is 0.822. The molecule has 22 heavy (non-hydrogen) atoms. The van der Waals surface area contributed by atoms with Gasteiger partial charge in [-0.1, -0.05) is 30.3 Å². The summed E-state index contributed by atoms with van der Waals surface area (Å²) >= 11 is 1.45. The zero-order valence-electron chi connectivity index (χ0n) is 12.3. The van der Waals surface area contributed by atoms with Gasteiger partial charge in [-0.3, -0.25) is 9.59 Å². The predicted octanol–water partition coefficient (Wildman–Crippen LogP) is 2.72. The van der Waals surface area contributed by atoms with Crippen molar-refractivity contribution < 1.29 is 14.7 Å². The lowest BCUT2D eigenvalue weighted by atomic mass is 10.2. The van der Waals surface area contributed by atoms with Crippen molar-refractivity contribution in [1.29, 1.82) is 0 Å². The lowest BCUT2D eigenvalue weighted by Crippen LogP contribution is -2.33. The van der Waals surface area contributed by atoms with Crippen LogP contribution in [0.2, 0.25) is 0 Å². The first-order chi connectivity index (χ1) is 10.5. The van der Waals surface area contributed by atoms with Gasteiger partial charge in [0.15, 0.2) is 0 Å². The Balaban J connectivity index is 1.90. The molecule has 1 amide bonds. The number of hydrogen-bond donors (Lipinski definition) is 2. The molecule has 0 bridgehead atoms. The Hall–Kier alpha value is -2.21. The Kier molecular flexibility index (Phi) is 5.66. The summed E-state index contributed by atoms with van der Waals surface area (Å²) in [6.07, 6.45) is 1.15. The summed E-state index contributed by atoms with van der Waals surface area (Å²) in [7, 11) is 0. The maximum Gasteiger partial charge on any atom is 0.303 e. The van der Waals surface area contributed by atoms with E-state index in [0.29, 0.717) is 18.5 Å². The van der Waals surface area contributed by atoms with Crippen LogP contribution >= 0.6 is 11.3 Å². The third-order valence-electron chi connectivity index (χ3n) is 3.15. The number of aliphatic carboxylic acids is 1. The number of benzene rings is 1.